The molecule has 0 spiro atoms. The molecule has 164 valence electrons. The standard InChI is InChI=1S/C21H38N6OS/c1-15(2)11-26-13-17(7-5-6-9-22)24-21(29-10-8-19(23)28)20-18(26)14-27(25-20)12-16(3)4/h14-17H,5-13,22H2,1-4H3,(H2,23,28)/t17-/m0/s1. The summed E-state index contributed by atoms with van der Waals surface area (Å²) in [5.41, 5.74) is 13.1. The fourth-order valence-corrected chi connectivity index (χ4v) is 4.53. The highest BCUT2D eigenvalue weighted by Gasteiger charge is 2.27. The van der Waals surface area contributed by atoms with Gasteiger partial charge in [-0.05, 0) is 31.2 Å². The maximum absolute atomic E-state index is 11.2. The van der Waals surface area contributed by atoms with Crippen molar-refractivity contribution >= 4 is 28.4 Å². The van der Waals surface area contributed by atoms with Gasteiger partial charge in [-0.25, -0.2) is 0 Å². The molecule has 0 fully saturated rings. The van der Waals surface area contributed by atoms with E-state index < -0.39 is 0 Å². The van der Waals surface area contributed by atoms with E-state index in [9.17, 15) is 4.79 Å². The molecular weight excluding hydrogens is 384 g/mol. The Hall–Kier alpha value is -1.54. The maximum atomic E-state index is 11.2. The second-order valence-corrected chi connectivity index (χ2v) is 9.80. The molecule has 29 heavy (non-hydrogen) atoms. The van der Waals surface area contributed by atoms with Crippen molar-refractivity contribution in [1.82, 2.24) is 9.78 Å². The highest BCUT2D eigenvalue weighted by molar-refractivity contribution is 8.14. The number of aliphatic imine (C=N–C) groups is 1. The Morgan fingerprint density at radius 2 is 1.97 bits per heavy atom. The van der Waals surface area contributed by atoms with Crippen LogP contribution in [0.5, 0.6) is 0 Å². The minimum absolute atomic E-state index is 0.212. The zero-order valence-corrected chi connectivity index (χ0v) is 19.2. The van der Waals surface area contributed by atoms with Crippen LogP contribution in [0.3, 0.4) is 0 Å². The van der Waals surface area contributed by atoms with Crippen LogP contribution >= 0.6 is 11.8 Å². The summed E-state index contributed by atoms with van der Waals surface area (Å²) < 4.78 is 2.04. The predicted octanol–water partition coefficient (Wildman–Crippen LogP) is 2.87. The number of amides is 1. The summed E-state index contributed by atoms with van der Waals surface area (Å²) in [5, 5.41) is 5.84. The number of nitrogens with zero attached hydrogens (tertiary/aromatic N) is 4. The number of anilines is 1. The quantitative estimate of drug-likeness (QED) is 0.534. The summed E-state index contributed by atoms with van der Waals surface area (Å²) in [6, 6.07) is 0.212. The monoisotopic (exact) mass is 422 g/mol. The Morgan fingerprint density at radius 3 is 2.59 bits per heavy atom. The second kappa shape index (κ2) is 11.6. The Morgan fingerprint density at radius 1 is 1.24 bits per heavy atom. The van der Waals surface area contributed by atoms with E-state index in [4.69, 9.17) is 21.6 Å². The molecule has 0 bridgehead atoms. The normalized spacial score (nSPS) is 16.9. The lowest BCUT2D eigenvalue weighted by molar-refractivity contribution is -0.117. The van der Waals surface area contributed by atoms with Gasteiger partial charge in [-0.3, -0.25) is 14.5 Å². The number of hydrogen-bond acceptors (Lipinski definition) is 6. The van der Waals surface area contributed by atoms with Crippen LogP contribution in [0.25, 0.3) is 0 Å². The number of aromatic nitrogens is 2. The van der Waals surface area contributed by atoms with E-state index in [1.165, 1.54) is 0 Å². The lowest BCUT2D eigenvalue weighted by Gasteiger charge is -2.27. The number of rotatable bonds is 11. The molecule has 0 saturated carbocycles. The van der Waals surface area contributed by atoms with Gasteiger partial charge in [0.2, 0.25) is 5.91 Å². The highest BCUT2D eigenvalue weighted by Crippen LogP contribution is 2.31. The summed E-state index contributed by atoms with van der Waals surface area (Å²) in [6.45, 7) is 12.3. The topological polar surface area (TPSA) is 103 Å². The van der Waals surface area contributed by atoms with Gasteiger partial charge in [0.15, 0.2) is 0 Å². The van der Waals surface area contributed by atoms with Gasteiger partial charge in [-0.15, -0.1) is 11.8 Å². The number of primary amides is 1. The van der Waals surface area contributed by atoms with E-state index in [-0.39, 0.29) is 11.9 Å². The van der Waals surface area contributed by atoms with Crippen molar-refractivity contribution in [2.75, 3.05) is 30.3 Å². The van der Waals surface area contributed by atoms with Crippen LogP contribution in [0, 0.1) is 11.8 Å². The minimum atomic E-state index is -0.279. The van der Waals surface area contributed by atoms with Crippen molar-refractivity contribution in [2.24, 2.45) is 28.3 Å². The maximum Gasteiger partial charge on any atom is 0.218 e. The van der Waals surface area contributed by atoms with E-state index in [0.717, 1.165) is 55.3 Å². The molecule has 1 aromatic rings. The molecule has 0 unspecified atom stereocenters. The first-order valence-corrected chi connectivity index (χ1v) is 11.8. The SMILES string of the molecule is CC(C)CN1C[C@H](CCCCN)N=C(SCCC(N)=O)c2nn(CC(C)C)cc21. The Balaban J connectivity index is 2.35. The van der Waals surface area contributed by atoms with Crippen LogP contribution in [0.4, 0.5) is 5.69 Å². The average Bonchev–Trinajstić information content (AvgIpc) is 2.97. The molecule has 1 atom stereocenters. The smallest absolute Gasteiger partial charge is 0.218 e. The van der Waals surface area contributed by atoms with E-state index in [0.29, 0.717) is 30.6 Å². The number of unbranched alkanes of at least 4 members (excludes halogenated alkanes) is 1. The number of hydrogen-bond donors (Lipinski definition) is 2. The van der Waals surface area contributed by atoms with Gasteiger partial charge in [-0.2, -0.15) is 5.10 Å². The molecule has 1 amide bonds. The van der Waals surface area contributed by atoms with Crippen molar-refractivity contribution in [1.29, 1.82) is 0 Å². The Kier molecular flexibility index (Phi) is 9.49. The zero-order valence-electron chi connectivity index (χ0n) is 18.4. The third-order valence-corrected chi connectivity index (χ3v) is 5.71. The van der Waals surface area contributed by atoms with Gasteiger partial charge in [0.05, 0.1) is 11.7 Å². The summed E-state index contributed by atoms with van der Waals surface area (Å²) in [5.74, 6) is 1.41. The molecule has 0 saturated heterocycles. The Bertz CT molecular complexity index is 685. The van der Waals surface area contributed by atoms with Gasteiger partial charge >= 0.3 is 0 Å². The van der Waals surface area contributed by atoms with E-state index in [1.807, 2.05) is 4.68 Å². The number of fused-ring (bicyclic) bond motifs is 1. The van der Waals surface area contributed by atoms with Crippen molar-refractivity contribution in [3.05, 3.63) is 11.9 Å². The van der Waals surface area contributed by atoms with Gasteiger partial charge < -0.3 is 16.4 Å². The highest BCUT2D eigenvalue weighted by atomic mass is 32.2. The Labute approximate surface area is 179 Å². The van der Waals surface area contributed by atoms with Crippen molar-refractivity contribution < 1.29 is 4.79 Å². The van der Waals surface area contributed by atoms with Crippen LogP contribution in [0.2, 0.25) is 0 Å². The molecule has 0 aromatic carbocycles. The third-order valence-electron chi connectivity index (χ3n) is 4.73. The number of thioether (sulfide) groups is 1. The van der Waals surface area contributed by atoms with Gasteiger partial charge in [0.1, 0.15) is 10.7 Å². The molecule has 1 aliphatic rings. The first-order chi connectivity index (χ1) is 13.8. The molecule has 1 aliphatic heterocycles. The van der Waals surface area contributed by atoms with Crippen molar-refractivity contribution in [3.63, 3.8) is 0 Å². The molecule has 2 heterocycles. The van der Waals surface area contributed by atoms with Crippen LogP contribution in [-0.4, -0.2) is 52.2 Å². The predicted molar refractivity (Wildman–Crippen MR) is 124 cm³/mol. The molecule has 1 aromatic heterocycles. The number of carbonyl (C=O) groups excluding carboxylic acids is 1. The van der Waals surface area contributed by atoms with Gasteiger partial charge in [-0.1, -0.05) is 34.1 Å². The lowest BCUT2D eigenvalue weighted by Crippen LogP contribution is -2.34. The lowest BCUT2D eigenvalue weighted by atomic mass is 10.1. The summed E-state index contributed by atoms with van der Waals surface area (Å²) in [7, 11) is 0. The number of carbonyl (C=O) groups is 1. The summed E-state index contributed by atoms with van der Waals surface area (Å²) >= 11 is 1.60. The fourth-order valence-electron chi connectivity index (χ4n) is 3.53. The van der Waals surface area contributed by atoms with Crippen LogP contribution < -0.4 is 16.4 Å². The zero-order chi connectivity index (χ0) is 21.4. The molecule has 2 rings (SSSR count). The van der Waals surface area contributed by atoms with Crippen LogP contribution in [0.15, 0.2) is 11.2 Å². The van der Waals surface area contributed by atoms with Crippen molar-refractivity contribution in [2.45, 2.75) is 66.0 Å². The first kappa shape index (κ1) is 23.7. The molecule has 0 aliphatic carbocycles. The van der Waals surface area contributed by atoms with Gasteiger partial charge in [0.25, 0.3) is 0 Å². The molecule has 4 N–H and O–H groups in total. The average molecular weight is 423 g/mol. The van der Waals surface area contributed by atoms with Gasteiger partial charge in [0, 0.05) is 38.0 Å². The van der Waals surface area contributed by atoms with Crippen LogP contribution in [-0.2, 0) is 11.3 Å². The molecule has 0 radical (unpaired) electrons. The fraction of sp³-hybridized carbons (Fsp3) is 0.762. The van der Waals surface area contributed by atoms with Crippen molar-refractivity contribution in [3.8, 4) is 0 Å². The van der Waals surface area contributed by atoms with E-state index >= 15 is 0 Å². The first-order valence-electron chi connectivity index (χ1n) is 10.8. The molecule has 8 heteroatoms. The summed E-state index contributed by atoms with van der Waals surface area (Å²) in [6.07, 6.45) is 5.63. The third kappa shape index (κ3) is 7.66. The van der Waals surface area contributed by atoms with E-state index in [1.54, 1.807) is 11.8 Å². The largest absolute Gasteiger partial charge is 0.370 e. The molecule has 7 nitrogen and oxygen atoms in total. The summed E-state index contributed by atoms with van der Waals surface area (Å²) in [4.78, 5) is 18.8. The van der Waals surface area contributed by atoms with E-state index in [2.05, 4.69) is 38.8 Å². The minimum Gasteiger partial charge on any atom is -0.370 e. The second-order valence-electron chi connectivity index (χ2n) is 8.71. The van der Waals surface area contributed by atoms with Crippen LogP contribution in [0.1, 0.15) is 59.1 Å². The number of nitrogens with two attached hydrogens (primary N) is 2. The molecular formula is C21H38N6OS.